The Morgan fingerprint density at radius 1 is 1.42 bits per heavy atom. The summed E-state index contributed by atoms with van der Waals surface area (Å²) in [6.45, 7) is 8.53. The van der Waals surface area contributed by atoms with Crippen LogP contribution >= 0.6 is 0 Å². The second-order valence-corrected chi connectivity index (χ2v) is 5.27. The molecule has 2 rings (SSSR count). The average Bonchev–Trinajstić information content (AvgIpc) is 3.07. The molecule has 5 nitrogen and oxygen atoms in total. The molecule has 1 saturated heterocycles. The number of hydrogen-bond acceptors (Lipinski definition) is 5. The van der Waals surface area contributed by atoms with Gasteiger partial charge in [0.25, 0.3) is 6.01 Å². The number of hydrogen-bond donors (Lipinski definition) is 1. The number of likely N-dealkylation sites (tertiary alicyclic amines) is 1. The summed E-state index contributed by atoms with van der Waals surface area (Å²) in [5, 5.41) is 3.33. The van der Waals surface area contributed by atoms with Crippen LogP contribution in [0.15, 0.2) is 10.7 Å². The Morgan fingerprint density at radius 3 is 2.95 bits per heavy atom. The second-order valence-electron chi connectivity index (χ2n) is 5.27. The van der Waals surface area contributed by atoms with E-state index in [1.807, 2.05) is 7.05 Å². The monoisotopic (exact) mass is 266 g/mol. The van der Waals surface area contributed by atoms with Crippen molar-refractivity contribution in [3.8, 4) is 0 Å². The van der Waals surface area contributed by atoms with E-state index in [0.717, 1.165) is 44.3 Å². The number of rotatable bonds is 8. The third kappa shape index (κ3) is 4.51. The minimum Gasteiger partial charge on any atom is -0.432 e. The number of anilines is 1. The van der Waals surface area contributed by atoms with Gasteiger partial charge in [-0.3, -0.25) is 0 Å². The molecule has 0 saturated carbocycles. The lowest BCUT2D eigenvalue weighted by Crippen LogP contribution is -2.31. The molecule has 0 aliphatic carbocycles. The van der Waals surface area contributed by atoms with Gasteiger partial charge in [-0.05, 0) is 38.9 Å². The molecule has 1 aromatic rings. The smallest absolute Gasteiger partial charge is 0.297 e. The Bertz CT molecular complexity index is 360. The number of nitrogens with one attached hydrogen (secondary N) is 1. The minimum absolute atomic E-state index is 0.729. The third-order valence-electron chi connectivity index (χ3n) is 3.55. The molecule has 2 heterocycles. The molecule has 0 aromatic carbocycles. The molecule has 19 heavy (non-hydrogen) atoms. The third-order valence-corrected chi connectivity index (χ3v) is 3.55. The highest BCUT2D eigenvalue weighted by Gasteiger charge is 2.14. The van der Waals surface area contributed by atoms with Crippen molar-refractivity contribution in [2.24, 2.45) is 0 Å². The lowest BCUT2D eigenvalue weighted by atomic mass is 10.4. The van der Waals surface area contributed by atoms with Crippen LogP contribution < -0.4 is 10.2 Å². The lowest BCUT2D eigenvalue weighted by Gasteiger charge is -2.19. The molecule has 0 unspecified atom stereocenters. The zero-order valence-corrected chi connectivity index (χ0v) is 12.2. The van der Waals surface area contributed by atoms with Crippen molar-refractivity contribution in [1.82, 2.24) is 15.2 Å². The van der Waals surface area contributed by atoms with Crippen LogP contribution in [0, 0.1) is 0 Å². The highest BCUT2D eigenvalue weighted by atomic mass is 16.4. The summed E-state index contributed by atoms with van der Waals surface area (Å²) < 4.78 is 5.53. The maximum atomic E-state index is 5.53. The van der Waals surface area contributed by atoms with Gasteiger partial charge in [-0.1, -0.05) is 6.92 Å². The van der Waals surface area contributed by atoms with Crippen LogP contribution in [-0.4, -0.2) is 49.7 Å². The summed E-state index contributed by atoms with van der Waals surface area (Å²) in [6, 6.07) is 0.729. The molecule has 0 amide bonds. The first-order valence-corrected chi connectivity index (χ1v) is 7.38. The maximum absolute atomic E-state index is 5.53. The molecule has 0 spiro atoms. The van der Waals surface area contributed by atoms with Crippen molar-refractivity contribution in [2.45, 2.75) is 32.7 Å². The van der Waals surface area contributed by atoms with Crippen LogP contribution in [0.5, 0.6) is 0 Å². The number of nitrogens with zero attached hydrogens (tertiary/aromatic N) is 3. The van der Waals surface area contributed by atoms with Gasteiger partial charge < -0.3 is 19.5 Å². The predicted molar refractivity (Wildman–Crippen MR) is 77.4 cm³/mol. The standard InChI is InChI=1S/C14H26N4O/c1-3-6-15-11-13-12-19-14(16-13)17(2)9-10-18-7-4-5-8-18/h12,15H,3-11H2,1-2H3. The predicted octanol–water partition coefficient (Wildman–Crippen LogP) is 1.71. The van der Waals surface area contributed by atoms with Crippen molar-refractivity contribution < 1.29 is 4.42 Å². The van der Waals surface area contributed by atoms with Crippen LogP contribution in [0.1, 0.15) is 31.9 Å². The summed E-state index contributed by atoms with van der Waals surface area (Å²) >= 11 is 0. The van der Waals surface area contributed by atoms with E-state index < -0.39 is 0 Å². The SMILES string of the molecule is CCCNCc1coc(N(C)CCN2CCCC2)n1. The highest BCUT2D eigenvalue weighted by molar-refractivity contribution is 5.25. The van der Waals surface area contributed by atoms with E-state index in [-0.39, 0.29) is 0 Å². The first-order chi connectivity index (χ1) is 9.29. The molecule has 0 bridgehead atoms. The van der Waals surface area contributed by atoms with Crippen molar-refractivity contribution >= 4 is 6.01 Å². The highest BCUT2D eigenvalue weighted by Crippen LogP contribution is 2.13. The van der Waals surface area contributed by atoms with E-state index in [1.165, 1.54) is 25.9 Å². The second kappa shape index (κ2) is 7.50. The first kappa shape index (κ1) is 14.3. The van der Waals surface area contributed by atoms with Gasteiger partial charge in [0.05, 0.1) is 5.69 Å². The molecule has 0 radical (unpaired) electrons. The molecule has 0 atom stereocenters. The van der Waals surface area contributed by atoms with Gasteiger partial charge >= 0.3 is 0 Å². The average molecular weight is 266 g/mol. The zero-order chi connectivity index (χ0) is 13.5. The Hall–Kier alpha value is -1.07. The minimum atomic E-state index is 0.729. The van der Waals surface area contributed by atoms with Crippen LogP contribution in [-0.2, 0) is 6.54 Å². The molecular weight excluding hydrogens is 240 g/mol. The number of oxazole rings is 1. The Labute approximate surface area is 116 Å². The molecule has 1 aromatic heterocycles. The van der Waals surface area contributed by atoms with E-state index in [0.29, 0.717) is 0 Å². The summed E-state index contributed by atoms with van der Waals surface area (Å²) in [5.74, 6) is 0. The normalized spacial score (nSPS) is 16.1. The summed E-state index contributed by atoms with van der Waals surface area (Å²) in [6.07, 6.45) is 5.58. The lowest BCUT2D eigenvalue weighted by molar-refractivity contribution is 0.344. The van der Waals surface area contributed by atoms with Crippen LogP contribution in [0.3, 0.4) is 0 Å². The van der Waals surface area contributed by atoms with Gasteiger partial charge in [0.15, 0.2) is 0 Å². The summed E-state index contributed by atoms with van der Waals surface area (Å²) in [7, 11) is 2.05. The van der Waals surface area contributed by atoms with Gasteiger partial charge in [0.2, 0.25) is 0 Å². The number of aromatic nitrogens is 1. The molecule has 1 aliphatic heterocycles. The molecule has 1 fully saturated rings. The fourth-order valence-electron chi connectivity index (χ4n) is 2.34. The van der Waals surface area contributed by atoms with Gasteiger partial charge in [-0.2, -0.15) is 4.98 Å². The summed E-state index contributed by atoms with van der Waals surface area (Å²) in [4.78, 5) is 9.11. The summed E-state index contributed by atoms with van der Waals surface area (Å²) in [5.41, 5.74) is 0.983. The van der Waals surface area contributed by atoms with Gasteiger partial charge in [0.1, 0.15) is 6.26 Å². The largest absolute Gasteiger partial charge is 0.432 e. The first-order valence-electron chi connectivity index (χ1n) is 7.38. The van der Waals surface area contributed by atoms with Gasteiger partial charge in [-0.25, -0.2) is 0 Å². The van der Waals surface area contributed by atoms with Crippen molar-refractivity contribution in [2.75, 3.05) is 44.7 Å². The van der Waals surface area contributed by atoms with Crippen LogP contribution in [0.2, 0.25) is 0 Å². The Balaban J connectivity index is 1.73. The van der Waals surface area contributed by atoms with Crippen LogP contribution in [0.4, 0.5) is 6.01 Å². The maximum Gasteiger partial charge on any atom is 0.297 e. The van der Waals surface area contributed by atoms with Crippen molar-refractivity contribution in [3.63, 3.8) is 0 Å². The van der Waals surface area contributed by atoms with Crippen molar-refractivity contribution in [1.29, 1.82) is 0 Å². The Morgan fingerprint density at radius 2 is 2.21 bits per heavy atom. The fraction of sp³-hybridized carbons (Fsp3) is 0.786. The van der Waals surface area contributed by atoms with Gasteiger partial charge in [0, 0.05) is 26.7 Å². The van der Waals surface area contributed by atoms with E-state index in [1.54, 1.807) is 6.26 Å². The van der Waals surface area contributed by atoms with E-state index in [9.17, 15) is 0 Å². The van der Waals surface area contributed by atoms with E-state index in [2.05, 4.69) is 27.0 Å². The van der Waals surface area contributed by atoms with Crippen molar-refractivity contribution in [3.05, 3.63) is 12.0 Å². The van der Waals surface area contributed by atoms with E-state index in [4.69, 9.17) is 4.42 Å². The molecular formula is C14H26N4O. The quantitative estimate of drug-likeness (QED) is 0.726. The molecule has 5 heteroatoms. The molecule has 1 aliphatic rings. The molecule has 1 N–H and O–H groups in total. The van der Waals surface area contributed by atoms with Crippen LogP contribution in [0.25, 0.3) is 0 Å². The van der Waals surface area contributed by atoms with Gasteiger partial charge in [-0.15, -0.1) is 0 Å². The van der Waals surface area contributed by atoms with E-state index >= 15 is 0 Å². The topological polar surface area (TPSA) is 44.5 Å². The Kier molecular flexibility index (Phi) is 5.66. The number of likely N-dealkylation sites (N-methyl/N-ethyl adjacent to an activating group) is 1. The zero-order valence-electron chi connectivity index (χ0n) is 12.2. The molecule has 108 valence electrons. The fourth-order valence-corrected chi connectivity index (χ4v) is 2.34.